The van der Waals surface area contributed by atoms with Gasteiger partial charge in [-0.1, -0.05) is 18.9 Å². The SMILES string of the molecule is O=S(=O)(Nc1ccc(S(=O)(=O)C2CCCC2)cc1)c1cccc(OC(F)(F)F)c1. The number of rotatable bonds is 6. The van der Waals surface area contributed by atoms with Gasteiger partial charge in [-0.15, -0.1) is 13.2 Å². The molecule has 0 aliphatic heterocycles. The van der Waals surface area contributed by atoms with Crippen molar-refractivity contribution in [3.8, 4) is 5.75 Å². The second-order valence-corrected chi connectivity index (χ2v) is 10.5. The second-order valence-electron chi connectivity index (χ2n) is 6.60. The summed E-state index contributed by atoms with van der Waals surface area (Å²) in [4.78, 5) is -0.324. The average molecular weight is 449 g/mol. The molecule has 2 aromatic carbocycles. The fourth-order valence-corrected chi connectivity index (χ4v) is 6.10. The lowest BCUT2D eigenvalue weighted by Crippen LogP contribution is -2.18. The lowest BCUT2D eigenvalue weighted by Gasteiger charge is -2.13. The summed E-state index contributed by atoms with van der Waals surface area (Å²) in [6, 6.07) is 9.19. The minimum atomic E-state index is -4.95. The van der Waals surface area contributed by atoms with Crippen LogP contribution in [0, 0.1) is 0 Å². The van der Waals surface area contributed by atoms with Crippen LogP contribution in [-0.2, 0) is 19.9 Å². The third-order valence-corrected chi connectivity index (χ3v) is 8.18. The fraction of sp³-hybridized carbons (Fsp3) is 0.333. The number of hydrogen-bond donors (Lipinski definition) is 1. The zero-order valence-corrected chi connectivity index (χ0v) is 16.6. The monoisotopic (exact) mass is 449 g/mol. The first-order chi connectivity index (χ1) is 13.5. The van der Waals surface area contributed by atoms with Crippen molar-refractivity contribution in [2.24, 2.45) is 0 Å². The quantitative estimate of drug-likeness (QED) is 0.717. The molecule has 11 heteroatoms. The molecule has 0 amide bonds. The normalized spacial score (nSPS) is 16.0. The number of sulfone groups is 1. The Balaban J connectivity index is 1.78. The number of nitrogens with one attached hydrogen (secondary N) is 1. The van der Waals surface area contributed by atoms with Crippen LogP contribution in [0.2, 0.25) is 0 Å². The molecule has 1 N–H and O–H groups in total. The van der Waals surface area contributed by atoms with Crippen molar-refractivity contribution < 1.29 is 34.7 Å². The van der Waals surface area contributed by atoms with Gasteiger partial charge in [0.05, 0.1) is 15.0 Å². The van der Waals surface area contributed by atoms with Gasteiger partial charge in [-0.05, 0) is 49.2 Å². The number of benzene rings is 2. The van der Waals surface area contributed by atoms with Crippen LogP contribution >= 0.6 is 0 Å². The number of alkyl halides is 3. The van der Waals surface area contributed by atoms with E-state index in [0.29, 0.717) is 12.8 Å². The van der Waals surface area contributed by atoms with Gasteiger partial charge in [-0.25, -0.2) is 16.8 Å². The van der Waals surface area contributed by atoms with Crippen LogP contribution in [0.4, 0.5) is 18.9 Å². The van der Waals surface area contributed by atoms with E-state index in [4.69, 9.17) is 0 Å². The Morgan fingerprint density at radius 2 is 1.52 bits per heavy atom. The summed E-state index contributed by atoms with van der Waals surface area (Å²) in [6.07, 6.45) is -2.02. The maximum absolute atomic E-state index is 12.6. The second kappa shape index (κ2) is 7.86. The zero-order valence-electron chi connectivity index (χ0n) is 15.0. The van der Waals surface area contributed by atoms with Gasteiger partial charge >= 0.3 is 6.36 Å². The van der Waals surface area contributed by atoms with Crippen LogP contribution in [0.15, 0.2) is 58.3 Å². The van der Waals surface area contributed by atoms with Gasteiger partial charge in [-0.2, -0.15) is 0 Å². The summed E-state index contributed by atoms with van der Waals surface area (Å²) < 4.78 is 92.9. The minimum Gasteiger partial charge on any atom is -0.406 e. The van der Waals surface area contributed by atoms with E-state index in [0.717, 1.165) is 37.1 Å². The Hall–Kier alpha value is -2.27. The Bertz CT molecular complexity index is 1080. The first-order valence-electron chi connectivity index (χ1n) is 8.70. The van der Waals surface area contributed by atoms with E-state index in [1.54, 1.807) is 0 Å². The van der Waals surface area contributed by atoms with Gasteiger partial charge in [-0.3, -0.25) is 4.72 Å². The van der Waals surface area contributed by atoms with Crippen molar-refractivity contribution in [2.75, 3.05) is 4.72 Å². The smallest absolute Gasteiger partial charge is 0.406 e. The number of sulfonamides is 1. The molecule has 1 aliphatic rings. The molecule has 0 aromatic heterocycles. The Kier molecular flexibility index (Phi) is 5.81. The first kappa shape index (κ1) is 21.4. The first-order valence-corrected chi connectivity index (χ1v) is 11.7. The van der Waals surface area contributed by atoms with Gasteiger partial charge in [0.25, 0.3) is 10.0 Å². The van der Waals surface area contributed by atoms with Crippen LogP contribution in [0.5, 0.6) is 5.75 Å². The number of halogens is 3. The third kappa shape index (κ3) is 5.21. The summed E-state index contributed by atoms with van der Waals surface area (Å²) >= 11 is 0. The van der Waals surface area contributed by atoms with Gasteiger partial charge < -0.3 is 4.74 Å². The zero-order chi connectivity index (χ0) is 21.3. The molecule has 1 fully saturated rings. The number of ether oxygens (including phenoxy) is 1. The Morgan fingerprint density at radius 1 is 0.897 bits per heavy atom. The van der Waals surface area contributed by atoms with E-state index in [1.807, 2.05) is 0 Å². The van der Waals surface area contributed by atoms with Crippen molar-refractivity contribution in [3.63, 3.8) is 0 Å². The van der Waals surface area contributed by atoms with Gasteiger partial charge in [0, 0.05) is 11.8 Å². The molecule has 0 saturated heterocycles. The summed E-state index contributed by atoms with van der Waals surface area (Å²) in [5, 5.41) is -0.429. The van der Waals surface area contributed by atoms with E-state index in [9.17, 15) is 30.0 Å². The predicted molar refractivity (Wildman–Crippen MR) is 99.8 cm³/mol. The van der Waals surface area contributed by atoms with E-state index in [-0.39, 0.29) is 10.6 Å². The van der Waals surface area contributed by atoms with Crippen molar-refractivity contribution in [2.45, 2.75) is 47.1 Å². The van der Waals surface area contributed by atoms with E-state index < -0.39 is 42.1 Å². The molecule has 0 heterocycles. The van der Waals surface area contributed by atoms with E-state index in [1.165, 1.54) is 24.3 Å². The Labute approximate surface area is 166 Å². The van der Waals surface area contributed by atoms with Crippen molar-refractivity contribution >= 4 is 25.5 Å². The molecular weight excluding hydrogens is 431 g/mol. The molecule has 6 nitrogen and oxygen atoms in total. The third-order valence-electron chi connectivity index (χ3n) is 4.53. The summed E-state index contributed by atoms with van der Waals surface area (Å²) in [6.45, 7) is 0. The largest absolute Gasteiger partial charge is 0.573 e. The highest BCUT2D eigenvalue weighted by Crippen LogP contribution is 2.30. The molecule has 158 valence electrons. The van der Waals surface area contributed by atoms with Gasteiger partial charge in [0.2, 0.25) is 0 Å². The standard InChI is InChI=1S/C18H18F3NO5S2/c19-18(20,21)27-14-4-3-7-17(12-14)29(25,26)22-13-8-10-16(11-9-13)28(23,24)15-5-1-2-6-15/h3-4,7-12,15,22H,1-2,5-6H2. The summed E-state index contributed by atoms with van der Waals surface area (Å²) in [7, 11) is -7.68. The topological polar surface area (TPSA) is 89.5 Å². The highest BCUT2D eigenvalue weighted by atomic mass is 32.2. The fourth-order valence-electron chi connectivity index (χ4n) is 3.16. The minimum absolute atomic E-state index is 0.0810. The molecule has 1 saturated carbocycles. The van der Waals surface area contributed by atoms with E-state index in [2.05, 4.69) is 9.46 Å². The van der Waals surface area contributed by atoms with Crippen LogP contribution < -0.4 is 9.46 Å². The molecule has 29 heavy (non-hydrogen) atoms. The average Bonchev–Trinajstić information content (AvgIpc) is 3.16. The van der Waals surface area contributed by atoms with Crippen LogP contribution in [0.25, 0.3) is 0 Å². The predicted octanol–water partition coefficient (Wildman–Crippen LogP) is 4.10. The molecule has 0 bridgehead atoms. The van der Waals surface area contributed by atoms with Crippen LogP contribution in [0.3, 0.4) is 0 Å². The molecule has 0 radical (unpaired) electrons. The molecule has 1 aliphatic carbocycles. The van der Waals surface area contributed by atoms with Crippen LogP contribution in [0.1, 0.15) is 25.7 Å². The molecule has 3 rings (SSSR count). The molecule has 2 aromatic rings. The molecule has 0 unspecified atom stereocenters. The highest BCUT2D eigenvalue weighted by Gasteiger charge is 2.32. The highest BCUT2D eigenvalue weighted by molar-refractivity contribution is 7.92. The Morgan fingerprint density at radius 3 is 2.10 bits per heavy atom. The maximum atomic E-state index is 12.6. The molecule has 0 atom stereocenters. The van der Waals surface area contributed by atoms with Crippen LogP contribution in [-0.4, -0.2) is 28.4 Å². The van der Waals surface area contributed by atoms with Crippen molar-refractivity contribution in [1.29, 1.82) is 0 Å². The molecular formula is C18H18F3NO5S2. The van der Waals surface area contributed by atoms with Gasteiger partial charge in [0.1, 0.15) is 5.75 Å². The number of hydrogen-bond acceptors (Lipinski definition) is 5. The van der Waals surface area contributed by atoms with Crippen molar-refractivity contribution in [1.82, 2.24) is 0 Å². The molecule has 0 spiro atoms. The summed E-state index contributed by atoms with van der Waals surface area (Å²) in [5.41, 5.74) is 0.0810. The maximum Gasteiger partial charge on any atom is 0.573 e. The lowest BCUT2D eigenvalue weighted by molar-refractivity contribution is -0.274. The summed E-state index contributed by atoms with van der Waals surface area (Å²) in [5.74, 6) is -0.668. The lowest BCUT2D eigenvalue weighted by atomic mass is 10.3. The van der Waals surface area contributed by atoms with Gasteiger partial charge in [0.15, 0.2) is 9.84 Å². The van der Waals surface area contributed by atoms with E-state index >= 15 is 0 Å². The van der Waals surface area contributed by atoms with Crippen molar-refractivity contribution in [3.05, 3.63) is 48.5 Å². The number of anilines is 1.